The smallest absolute Gasteiger partial charge is 0.290 e. The summed E-state index contributed by atoms with van der Waals surface area (Å²) >= 11 is 0. The molecule has 2 aromatic carbocycles. The number of carbonyl (C=O) groups is 2. The second kappa shape index (κ2) is 7.72. The molecule has 0 saturated carbocycles. The van der Waals surface area contributed by atoms with Crippen LogP contribution >= 0.6 is 0 Å². The molecule has 5 nitrogen and oxygen atoms in total. The fourth-order valence-corrected chi connectivity index (χ4v) is 3.68. The van der Waals surface area contributed by atoms with Crippen LogP contribution in [0.15, 0.2) is 71.3 Å². The Morgan fingerprint density at radius 3 is 2.54 bits per heavy atom. The van der Waals surface area contributed by atoms with E-state index >= 15 is 0 Å². The molecule has 0 aliphatic carbocycles. The summed E-state index contributed by atoms with van der Waals surface area (Å²) in [6.45, 7) is 2.43. The summed E-state index contributed by atoms with van der Waals surface area (Å²) in [5, 5.41) is 3.03. The summed E-state index contributed by atoms with van der Waals surface area (Å²) < 4.78 is 5.30. The van der Waals surface area contributed by atoms with Crippen molar-refractivity contribution in [2.75, 3.05) is 5.32 Å². The normalized spacial score (nSPS) is 15.8. The minimum absolute atomic E-state index is 0.185. The van der Waals surface area contributed by atoms with Gasteiger partial charge in [-0.2, -0.15) is 0 Å². The number of furan rings is 1. The first-order chi connectivity index (χ1) is 13.7. The van der Waals surface area contributed by atoms with Gasteiger partial charge in [-0.15, -0.1) is 0 Å². The van der Waals surface area contributed by atoms with Gasteiger partial charge in [-0.25, -0.2) is 0 Å². The van der Waals surface area contributed by atoms with Crippen molar-refractivity contribution in [3.8, 4) is 0 Å². The zero-order valence-electron chi connectivity index (χ0n) is 15.7. The highest BCUT2D eigenvalue weighted by Crippen LogP contribution is 2.26. The summed E-state index contributed by atoms with van der Waals surface area (Å²) in [4.78, 5) is 27.8. The van der Waals surface area contributed by atoms with Crippen molar-refractivity contribution >= 4 is 17.5 Å². The third-order valence-electron chi connectivity index (χ3n) is 5.20. The number of nitrogens with zero attached hydrogens (tertiary/aromatic N) is 1. The zero-order valence-corrected chi connectivity index (χ0v) is 15.7. The molecule has 0 bridgehead atoms. The lowest BCUT2D eigenvalue weighted by molar-refractivity contribution is -0.121. The van der Waals surface area contributed by atoms with E-state index in [1.54, 1.807) is 17.0 Å². The van der Waals surface area contributed by atoms with Crippen LogP contribution < -0.4 is 5.32 Å². The van der Waals surface area contributed by atoms with Crippen LogP contribution in [0.4, 0.5) is 5.69 Å². The van der Waals surface area contributed by atoms with E-state index in [4.69, 9.17) is 4.42 Å². The molecule has 1 aliphatic rings. The molecule has 5 heteroatoms. The number of hydrogen-bond donors (Lipinski definition) is 1. The van der Waals surface area contributed by atoms with Crippen molar-refractivity contribution in [1.29, 1.82) is 0 Å². The van der Waals surface area contributed by atoms with Gasteiger partial charge in [0.2, 0.25) is 5.91 Å². The third-order valence-corrected chi connectivity index (χ3v) is 5.20. The standard InChI is InChI=1S/C23H22N2O3/c1-2-16-8-5-6-11-19(16)24-22(26)20-14-17-9-3-4-10-18(17)15-25(20)23(27)21-12-7-13-28-21/h3-13,20H,2,14-15H2,1H3,(H,24,26)/t20-/m0/s1. The number of rotatable bonds is 4. The Morgan fingerprint density at radius 2 is 1.79 bits per heavy atom. The van der Waals surface area contributed by atoms with Gasteiger partial charge in [0, 0.05) is 18.7 Å². The average Bonchev–Trinajstić information content (AvgIpc) is 3.27. The number of carbonyl (C=O) groups excluding carboxylic acids is 2. The first kappa shape index (κ1) is 18.0. The van der Waals surface area contributed by atoms with E-state index in [-0.39, 0.29) is 17.6 Å². The molecule has 0 unspecified atom stereocenters. The lowest BCUT2D eigenvalue weighted by Gasteiger charge is -2.35. The number of benzene rings is 2. The van der Waals surface area contributed by atoms with Gasteiger partial charge in [0.05, 0.1) is 6.26 Å². The van der Waals surface area contributed by atoms with E-state index in [2.05, 4.69) is 12.2 Å². The van der Waals surface area contributed by atoms with E-state index in [0.29, 0.717) is 13.0 Å². The molecule has 2 heterocycles. The Hall–Kier alpha value is -3.34. The number of amides is 2. The quantitative estimate of drug-likeness (QED) is 0.749. The molecule has 1 N–H and O–H groups in total. The number of aryl methyl sites for hydroxylation is 1. The Balaban J connectivity index is 1.65. The topological polar surface area (TPSA) is 62.6 Å². The van der Waals surface area contributed by atoms with Crippen molar-refractivity contribution in [3.05, 3.63) is 89.4 Å². The van der Waals surface area contributed by atoms with Crippen LogP contribution in [0.2, 0.25) is 0 Å². The molecule has 0 saturated heterocycles. The van der Waals surface area contributed by atoms with Crippen molar-refractivity contribution in [1.82, 2.24) is 4.90 Å². The predicted octanol–water partition coefficient (Wildman–Crippen LogP) is 4.05. The van der Waals surface area contributed by atoms with E-state index in [9.17, 15) is 9.59 Å². The molecule has 0 fully saturated rings. The highest BCUT2D eigenvalue weighted by Gasteiger charge is 2.36. The fourth-order valence-electron chi connectivity index (χ4n) is 3.68. The molecule has 2 amide bonds. The summed E-state index contributed by atoms with van der Waals surface area (Å²) in [6, 6.07) is 18.4. The van der Waals surface area contributed by atoms with Crippen LogP contribution in [-0.2, 0) is 24.2 Å². The van der Waals surface area contributed by atoms with Crippen LogP contribution in [0.3, 0.4) is 0 Å². The van der Waals surface area contributed by atoms with Gasteiger partial charge in [-0.05, 0) is 41.3 Å². The molecule has 28 heavy (non-hydrogen) atoms. The lowest BCUT2D eigenvalue weighted by atomic mass is 9.93. The number of fused-ring (bicyclic) bond motifs is 1. The monoisotopic (exact) mass is 374 g/mol. The fraction of sp³-hybridized carbons (Fsp3) is 0.217. The van der Waals surface area contributed by atoms with Crippen molar-refractivity contribution in [2.24, 2.45) is 0 Å². The van der Waals surface area contributed by atoms with Crippen molar-refractivity contribution in [2.45, 2.75) is 32.4 Å². The maximum Gasteiger partial charge on any atom is 0.290 e. The average molecular weight is 374 g/mol. The Labute approximate surface area is 164 Å². The Kier molecular flexibility index (Phi) is 4.98. The van der Waals surface area contributed by atoms with Gasteiger partial charge in [-0.1, -0.05) is 49.4 Å². The molecule has 1 aromatic heterocycles. The van der Waals surface area contributed by atoms with Crippen LogP contribution in [0, 0.1) is 0 Å². The summed E-state index contributed by atoms with van der Waals surface area (Å²) in [6.07, 6.45) is 2.76. The van der Waals surface area contributed by atoms with E-state index in [1.807, 2.05) is 48.5 Å². The predicted molar refractivity (Wildman–Crippen MR) is 107 cm³/mol. The van der Waals surface area contributed by atoms with E-state index < -0.39 is 6.04 Å². The summed E-state index contributed by atoms with van der Waals surface area (Å²) in [5.74, 6) is -0.218. The molecule has 3 aromatic rings. The van der Waals surface area contributed by atoms with Crippen LogP contribution in [0.25, 0.3) is 0 Å². The molecular formula is C23H22N2O3. The molecule has 0 radical (unpaired) electrons. The summed E-state index contributed by atoms with van der Waals surface area (Å²) in [7, 11) is 0. The highest BCUT2D eigenvalue weighted by atomic mass is 16.3. The van der Waals surface area contributed by atoms with Gasteiger partial charge < -0.3 is 14.6 Å². The van der Waals surface area contributed by atoms with Gasteiger partial charge in [0.25, 0.3) is 5.91 Å². The largest absolute Gasteiger partial charge is 0.459 e. The van der Waals surface area contributed by atoms with Crippen LogP contribution in [0.5, 0.6) is 0 Å². The first-order valence-electron chi connectivity index (χ1n) is 9.47. The van der Waals surface area contributed by atoms with E-state index in [1.165, 1.54) is 6.26 Å². The Bertz CT molecular complexity index is 995. The van der Waals surface area contributed by atoms with Crippen molar-refractivity contribution < 1.29 is 14.0 Å². The molecule has 4 rings (SSSR count). The second-order valence-electron chi connectivity index (χ2n) is 6.90. The zero-order chi connectivity index (χ0) is 19.5. The highest BCUT2D eigenvalue weighted by molar-refractivity contribution is 6.01. The number of anilines is 1. The minimum Gasteiger partial charge on any atom is -0.459 e. The van der Waals surface area contributed by atoms with Gasteiger partial charge in [0.1, 0.15) is 6.04 Å². The molecule has 142 valence electrons. The SMILES string of the molecule is CCc1ccccc1NC(=O)[C@@H]1Cc2ccccc2CN1C(=O)c1ccco1. The van der Waals surface area contributed by atoms with Gasteiger partial charge >= 0.3 is 0 Å². The van der Waals surface area contributed by atoms with Gasteiger partial charge in [0.15, 0.2) is 5.76 Å². The molecule has 0 spiro atoms. The first-order valence-corrected chi connectivity index (χ1v) is 9.47. The second-order valence-corrected chi connectivity index (χ2v) is 6.90. The maximum atomic E-state index is 13.2. The number of hydrogen-bond acceptors (Lipinski definition) is 3. The lowest BCUT2D eigenvalue weighted by Crippen LogP contribution is -2.50. The Morgan fingerprint density at radius 1 is 1.04 bits per heavy atom. The number of nitrogens with one attached hydrogen (secondary N) is 1. The maximum absolute atomic E-state index is 13.2. The molecular weight excluding hydrogens is 352 g/mol. The number of para-hydroxylation sites is 1. The van der Waals surface area contributed by atoms with Crippen LogP contribution in [0.1, 0.15) is 34.2 Å². The van der Waals surface area contributed by atoms with Crippen molar-refractivity contribution in [3.63, 3.8) is 0 Å². The summed E-state index contributed by atoms with van der Waals surface area (Å²) in [5.41, 5.74) is 4.01. The minimum atomic E-state index is -0.600. The van der Waals surface area contributed by atoms with Crippen LogP contribution in [-0.4, -0.2) is 22.8 Å². The third kappa shape index (κ3) is 3.43. The molecule has 1 aliphatic heterocycles. The van der Waals surface area contributed by atoms with Gasteiger partial charge in [-0.3, -0.25) is 9.59 Å². The van der Waals surface area contributed by atoms with E-state index in [0.717, 1.165) is 28.8 Å². The molecule has 1 atom stereocenters.